The number of hydrogen-bond acceptors (Lipinski definition) is 8. The van der Waals surface area contributed by atoms with Crippen LogP contribution in [0.15, 0.2) is 47.8 Å². The Kier molecular flexibility index (Phi) is 6.06. The number of aromatic amines is 1. The van der Waals surface area contributed by atoms with Crippen LogP contribution in [0.25, 0.3) is 17.1 Å². The fourth-order valence-electron chi connectivity index (χ4n) is 3.72. The lowest BCUT2D eigenvalue weighted by molar-refractivity contribution is 0.0322. The molecule has 3 aromatic heterocycles. The van der Waals surface area contributed by atoms with Crippen molar-refractivity contribution in [3.05, 3.63) is 64.5 Å². The van der Waals surface area contributed by atoms with Gasteiger partial charge in [-0.1, -0.05) is 12.1 Å². The number of imidazole rings is 1. The highest BCUT2D eigenvalue weighted by atomic mass is 16.5. The molecule has 176 valence electrons. The van der Waals surface area contributed by atoms with Crippen molar-refractivity contribution in [1.29, 1.82) is 0 Å². The van der Waals surface area contributed by atoms with E-state index < -0.39 is 11.5 Å². The second kappa shape index (κ2) is 9.45. The van der Waals surface area contributed by atoms with Gasteiger partial charge in [0.25, 0.3) is 5.56 Å². The van der Waals surface area contributed by atoms with E-state index in [1.54, 1.807) is 10.9 Å². The van der Waals surface area contributed by atoms with Crippen LogP contribution < -0.4 is 10.3 Å². The molecule has 0 radical (unpaired) electrons. The van der Waals surface area contributed by atoms with Crippen molar-refractivity contribution in [2.75, 3.05) is 39.5 Å². The van der Waals surface area contributed by atoms with Gasteiger partial charge in [0.15, 0.2) is 11.2 Å². The first-order valence-electron chi connectivity index (χ1n) is 10.8. The summed E-state index contributed by atoms with van der Waals surface area (Å²) in [4.78, 5) is 37.1. The van der Waals surface area contributed by atoms with Crippen LogP contribution in [0, 0.1) is 0 Å². The number of ether oxygens (including phenoxy) is 2. The molecule has 1 aromatic carbocycles. The molecule has 4 heterocycles. The van der Waals surface area contributed by atoms with Crippen molar-refractivity contribution in [1.82, 2.24) is 34.2 Å². The van der Waals surface area contributed by atoms with Gasteiger partial charge in [0.1, 0.15) is 12.4 Å². The number of benzene rings is 1. The van der Waals surface area contributed by atoms with Crippen LogP contribution in [0.5, 0.6) is 5.75 Å². The minimum absolute atomic E-state index is 0.0106. The predicted molar refractivity (Wildman–Crippen MR) is 121 cm³/mol. The lowest BCUT2D eigenvalue weighted by Crippen LogP contribution is -2.38. The van der Waals surface area contributed by atoms with E-state index in [1.807, 2.05) is 24.3 Å². The third-order valence-corrected chi connectivity index (χ3v) is 5.57. The first kappa shape index (κ1) is 21.8. The molecule has 5 rings (SSSR count). The third-order valence-electron chi connectivity index (χ3n) is 5.57. The van der Waals surface area contributed by atoms with E-state index in [9.17, 15) is 9.59 Å². The van der Waals surface area contributed by atoms with E-state index >= 15 is 0 Å². The van der Waals surface area contributed by atoms with Crippen LogP contribution >= 0.6 is 0 Å². The molecule has 0 amide bonds. The minimum atomic E-state index is -1.12. The lowest BCUT2D eigenvalue weighted by atomic mass is 10.2. The van der Waals surface area contributed by atoms with Gasteiger partial charge < -0.3 is 19.1 Å². The first-order chi connectivity index (χ1) is 16.6. The molecule has 12 nitrogen and oxygen atoms in total. The van der Waals surface area contributed by atoms with Gasteiger partial charge in [0.05, 0.1) is 37.8 Å². The Morgan fingerprint density at radius 3 is 2.74 bits per heavy atom. The summed E-state index contributed by atoms with van der Waals surface area (Å²) in [5.74, 6) is -0.221. The fraction of sp³-hybridized carbons (Fsp3) is 0.318. The van der Waals surface area contributed by atoms with Gasteiger partial charge >= 0.3 is 5.97 Å². The van der Waals surface area contributed by atoms with Crippen LogP contribution in [0.4, 0.5) is 0 Å². The molecule has 1 aliphatic heterocycles. The van der Waals surface area contributed by atoms with E-state index in [-0.39, 0.29) is 17.0 Å². The van der Waals surface area contributed by atoms with Gasteiger partial charge in [-0.25, -0.2) is 14.5 Å². The normalized spacial score (nSPS) is 14.5. The van der Waals surface area contributed by atoms with Gasteiger partial charge in [0, 0.05) is 25.8 Å². The Labute approximate surface area is 193 Å². The van der Waals surface area contributed by atoms with Crippen LogP contribution in [-0.2, 0) is 11.3 Å². The molecule has 0 spiro atoms. The van der Waals surface area contributed by atoms with E-state index in [1.165, 1.54) is 17.1 Å². The summed E-state index contributed by atoms with van der Waals surface area (Å²) in [5.41, 5.74) is 1.10. The summed E-state index contributed by atoms with van der Waals surface area (Å²) < 4.78 is 14.2. The quantitative estimate of drug-likeness (QED) is 0.386. The van der Waals surface area contributed by atoms with Crippen molar-refractivity contribution in [3.8, 4) is 11.7 Å². The number of hydrogen-bond donors (Lipinski definition) is 2. The monoisotopic (exact) mass is 465 g/mol. The second-order valence-corrected chi connectivity index (χ2v) is 7.86. The number of carboxylic acids is 1. The Hall–Kier alpha value is -4.03. The Morgan fingerprint density at radius 1 is 1.21 bits per heavy atom. The van der Waals surface area contributed by atoms with Crippen molar-refractivity contribution < 1.29 is 19.4 Å². The number of fused-ring (bicyclic) bond motifs is 1. The van der Waals surface area contributed by atoms with Crippen LogP contribution in [0.2, 0.25) is 0 Å². The average Bonchev–Trinajstić information content (AvgIpc) is 3.49. The smallest absolute Gasteiger partial charge is 0.338 e. The third kappa shape index (κ3) is 4.67. The molecule has 2 N–H and O–H groups in total. The highest BCUT2D eigenvalue weighted by molar-refractivity contribution is 5.86. The average molecular weight is 465 g/mol. The van der Waals surface area contributed by atoms with Crippen LogP contribution in [-0.4, -0.2) is 84.7 Å². The molecule has 34 heavy (non-hydrogen) atoms. The molecule has 0 saturated carbocycles. The minimum Gasteiger partial charge on any atom is -0.492 e. The standard InChI is InChI=1S/C22H23N7O5/c30-20-18-19(25-22(26-20)29-13-16(11-24-29)21(31)32)28(14-23-18)12-15-1-3-17(4-2-15)34-10-7-27-5-8-33-9-6-27/h1-4,11,13-14H,5-10,12H2,(H,31,32)(H,25,26,30). The molecule has 1 aliphatic rings. The number of carboxylic acid groups (broad SMARTS) is 1. The topological polar surface area (TPSA) is 140 Å². The van der Waals surface area contributed by atoms with Crippen LogP contribution in [0.1, 0.15) is 15.9 Å². The molecule has 0 atom stereocenters. The molecule has 1 fully saturated rings. The number of nitrogens with one attached hydrogen (secondary N) is 1. The Bertz CT molecular complexity index is 1350. The summed E-state index contributed by atoms with van der Waals surface area (Å²) in [5, 5.41) is 13.1. The number of aromatic carboxylic acids is 1. The summed E-state index contributed by atoms with van der Waals surface area (Å²) in [6, 6.07) is 7.74. The first-order valence-corrected chi connectivity index (χ1v) is 10.8. The highest BCUT2D eigenvalue weighted by Crippen LogP contribution is 2.16. The van der Waals surface area contributed by atoms with Crippen LogP contribution in [0.3, 0.4) is 0 Å². The number of rotatable bonds is 8. The summed E-state index contributed by atoms with van der Waals surface area (Å²) in [6.07, 6.45) is 4.02. The molecule has 1 saturated heterocycles. The number of carbonyl (C=O) groups is 1. The Balaban J connectivity index is 1.29. The largest absolute Gasteiger partial charge is 0.492 e. The number of nitrogens with zero attached hydrogens (tertiary/aromatic N) is 6. The van der Waals surface area contributed by atoms with Crippen molar-refractivity contribution in [2.45, 2.75) is 6.54 Å². The molecule has 12 heteroatoms. The SMILES string of the molecule is O=C(O)c1cnn(-c2nc3c(ncn3Cc3ccc(OCCN4CCOCC4)cc3)c(=O)[nH]2)c1. The van der Waals surface area contributed by atoms with Gasteiger partial charge in [-0.3, -0.25) is 14.7 Å². The second-order valence-electron chi connectivity index (χ2n) is 7.86. The van der Waals surface area contributed by atoms with Gasteiger partial charge in [-0.2, -0.15) is 10.1 Å². The number of morpholine rings is 1. The van der Waals surface area contributed by atoms with Gasteiger partial charge in [-0.05, 0) is 17.7 Å². The van der Waals surface area contributed by atoms with Gasteiger partial charge in [-0.15, -0.1) is 0 Å². The molecule has 4 aromatic rings. The molecular formula is C22H23N7O5. The highest BCUT2D eigenvalue weighted by Gasteiger charge is 2.14. The predicted octanol–water partition coefficient (Wildman–Crippen LogP) is 0.763. The summed E-state index contributed by atoms with van der Waals surface area (Å²) in [7, 11) is 0. The maximum Gasteiger partial charge on any atom is 0.338 e. The maximum absolute atomic E-state index is 12.5. The lowest BCUT2D eigenvalue weighted by Gasteiger charge is -2.26. The Morgan fingerprint density at radius 2 is 2.00 bits per heavy atom. The summed E-state index contributed by atoms with van der Waals surface area (Å²) >= 11 is 0. The number of aromatic nitrogens is 6. The molecular weight excluding hydrogens is 442 g/mol. The molecule has 0 unspecified atom stereocenters. The zero-order valence-electron chi connectivity index (χ0n) is 18.3. The maximum atomic E-state index is 12.5. The van der Waals surface area contributed by atoms with E-state index in [0.717, 1.165) is 44.2 Å². The molecule has 0 aliphatic carbocycles. The van der Waals surface area contributed by atoms with Crippen molar-refractivity contribution >= 4 is 17.1 Å². The van der Waals surface area contributed by atoms with Crippen molar-refractivity contribution in [3.63, 3.8) is 0 Å². The molecule has 0 bridgehead atoms. The van der Waals surface area contributed by atoms with E-state index in [2.05, 4.69) is 25.0 Å². The fourth-order valence-corrected chi connectivity index (χ4v) is 3.72. The van der Waals surface area contributed by atoms with E-state index in [0.29, 0.717) is 18.8 Å². The number of H-pyrrole nitrogens is 1. The van der Waals surface area contributed by atoms with Crippen molar-refractivity contribution in [2.24, 2.45) is 0 Å². The van der Waals surface area contributed by atoms with Gasteiger partial charge in [0.2, 0.25) is 5.95 Å². The zero-order valence-corrected chi connectivity index (χ0v) is 18.3. The zero-order chi connectivity index (χ0) is 23.5. The van der Waals surface area contributed by atoms with E-state index in [4.69, 9.17) is 14.6 Å². The summed E-state index contributed by atoms with van der Waals surface area (Å²) in [6.45, 7) is 5.31.